The summed E-state index contributed by atoms with van der Waals surface area (Å²) in [5.41, 5.74) is 2.62. The molecule has 0 atom stereocenters. The molecule has 0 radical (unpaired) electrons. The summed E-state index contributed by atoms with van der Waals surface area (Å²) in [6, 6.07) is 8.36. The second-order valence-electron chi connectivity index (χ2n) is 2.68. The maximum absolute atomic E-state index is 2.12. The molecule has 0 aliphatic rings. The summed E-state index contributed by atoms with van der Waals surface area (Å²) in [6.45, 7) is 2.12. The minimum absolute atomic E-state index is 0. The van der Waals surface area contributed by atoms with Crippen molar-refractivity contribution in [3.63, 3.8) is 0 Å². The highest BCUT2D eigenvalue weighted by atomic mass is 19.0. The van der Waals surface area contributed by atoms with Gasteiger partial charge in [-0.1, -0.05) is 18.2 Å². The van der Waals surface area contributed by atoms with Gasteiger partial charge in [0.15, 0.2) is 0 Å². The van der Waals surface area contributed by atoms with E-state index in [0.717, 1.165) is 0 Å². The van der Waals surface area contributed by atoms with Crippen LogP contribution in [0.4, 0.5) is 10.4 Å². The van der Waals surface area contributed by atoms with Crippen LogP contribution in [0.1, 0.15) is 5.56 Å². The first kappa shape index (κ1) is 10.0. The Hall–Kier alpha value is -0.985. The molecule has 0 aromatic heterocycles. The van der Waals surface area contributed by atoms with E-state index in [-0.39, 0.29) is 4.70 Å². The second-order valence-corrected chi connectivity index (χ2v) is 2.68. The van der Waals surface area contributed by atoms with Gasteiger partial charge in [-0.2, -0.15) is 0 Å². The lowest BCUT2D eigenvalue weighted by atomic mass is 10.1. The fourth-order valence-electron chi connectivity index (χ4n) is 1.07. The molecule has 0 amide bonds. The molecule has 0 unspecified atom stereocenters. The fourth-order valence-corrected chi connectivity index (χ4v) is 1.07. The number of aryl methyl sites for hydroxylation is 1. The quantitative estimate of drug-likeness (QED) is 0.546. The molecule has 0 N–H and O–H groups in total. The first-order chi connectivity index (χ1) is 4.72. The average molecular weight is 153 g/mol. The highest BCUT2D eigenvalue weighted by Crippen LogP contribution is 2.14. The highest BCUT2D eigenvalue weighted by Gasteiger charge is 1.95. The van der Waals surface area contributed by atoms with Gasteiger partial charge in [0, 0.05) is 5.69 Å². The van der Waals surface area contributed by atoms with Crippen molar-refractivity contribution in [2.24, 2.45) is 0 Å². The molecule has 1 nitrogen and oxygen atoms in total. The van der Waals surface area contributed by atoms with Crippen LogP contribution in [0.3, 0.4) is 0 Å². The number of rotatable bonds is 1. The van der Waals surface area contributed by atoms with Gasteiger partial charge in [-0.15, -0.1) is 0 Å². The zero-order chi connectivity index (χ0) is 7.56. The normalized spacial score (nSPS) is 8.55. The van der Waals surface area contributed by atoms with Crippen LogP contribution in [0.15, 0.2) is 24.3 Å². The largest absolute Gasteiger partial charge is 0.424 e. The van der Waals surface area contributed by atoms with E-state index in [1.54, 1.807) is 0 Å². The molecule has 0 spiro atoms. The summed E-state index contributed by atoms with van der Waals surface area (Å²) in [5, 5.41) is 0. The molecule has 11 heavy (non-hydrogen) atoms. The Kier molecular flexibility index (Phi) is 3.65. The standard InChI is InChI=1S/C8H12BN.FH/c1-7-5-3-4-6-8(7)10(2)9;/h3-6H,9H2,1-2H3;1H. The lowest BCUT2D eigenvalue weighted by molar-refractivity contribution is 1.11. The molecule has 1 rings (SSSR count). The fraction of sp³-hybridized carbons (Fsp3) is 0.250. The van der Waals surface area contributed by atoms with Gasteiger partial charge in [0.2, 0.25) is 7.98 Å². The van der Waals surface area contributed by atoms with Crippen LogP contribution in [0.5, 0.6) is 0 Å². The van der Waals surface area contributed by atoms with E-state index in [1.165, 1.54) is 11.3 Å². The Labute approximate surface area is 67.8 Å². The van der Waals surface area contributed by atoms with Gasteiger partial charge >= 0.3 is 0 Å². The number of halogens is 1. The van der Waals surface area contributed by atoms with E-state index in [0.29, 0.717) is 0 Å². The maximum Gasteiger partial charge on any atom is 0.217 e. The van der Waals surface area contributed by atoms with E-state index in [2.05, 4.69) is 51.0 Å². The number of hydrogen-bond acceptors (Lipinski definition) is 1. The Bertz CT molecular complexity index is 225. The molecule has 0 aliphatic carbocycles. The number of para-hydroxylation sites is 1. The third kappa shape index (κ3) is 2.26. The van der Waals surface area contributed by atoms with Crippen LogP contribution in [0.2, 0.25) is 0 Å². The number of benzene rings is 1. The van der Waals surface area contributed by atoms with Crippen molar-refractivity contribution in [2.75, 3.05) is 11.9 Å². The number of hydrogen-bond donors (Lipinski definition) is 0. The Balaban J connectivity index is 0.000001000. The summed E-state index contributed by atoms with van der Waals surface area (Å²) in [6.07, 6.45) is 0. The summed E-state index contributed by atoms with van der Waals surface area (Å²) in [5.74, 6) is 0. The molecule has 0 heterocycles. The highest BCUT2D eigenvalue weighted by molar-refractivity contribution is 6.17. The lowest BCUT2D eigenvalue weighted by Gasteiger charge is -2.14. The molecule has 0 aliphatic heterocycles. The summed E-state index contributed by atoms with van der Waals surface area (Å²) < 4.78 is 0. The van der Waals surface area contributed by atoms with Crippen molar-refractivity contribution in [2.45, 2.75) is 6.92 Å². The Morgan fingerprint density at radius 3 is 2.18 bits per heavy atom. The summed E-state index contributed by atoms with van der Waals surface area (Å²) in [7, 11) is 4.12. The maximum atomic E-state index is 2.12. The molecular formula is C8H13BFN. The van der Waals surface area contributed by atoms with E-state index < -0.39 is 0 Å². The van der Waals surface area contributed by atoms with E-state index in [9.17, 15) is 0 Å². The molecule has 60 valence electrons. The Morgan fingerprint density at radius 1 is 1.27 bits per heavy atom. The second kappa shape index (κ2) is 4.01. The van der Waals surface area contributed by atoms with Crippen molar-refractivity contribution in [1.29, 1.82) is 0 Å². The average Bonchev–Trinajstić information content (AvgIpc) is 1.88. The minimum Gasteiger partial charge on any atom is -0.424 e. The van der Waals surface area contributed by atoms with Gasteiger partial charge in [-0.25, -0.2) is 0 Å². The first-order valence-corrected chi connectivity index (χ1v) is 3.45. The van der Waals surface area contributed by atoms with E-state index >= 15 is 0 Å². The van der Waals surface area contributed by atoms with Crippen LogP contribution in [0, 0.1) is 6.92 Å². The SMILES string of the molecule is BN(C)c1ccccc1C.F. The van der Waals surface area contributed by atoms with Crippen LogP contribution in [0.25, 0.3) is 0 Å². The van der Waals surface area contributed by atoms with Gasteiger partial charge in [-0.3, -0.25) is 4.70 Å². The third-order valence-corrected chi connectivity index (χ3v) is 1.60. The third-order valence-electron chi connectivity index (χ3n) is 1.60. The molecular weight excluding hydrogens is 140 g/mol. The van der Waals surface area contributed by atoms with Crippen LogP contribution in [-0.2, 0) is 0 Å². The molecule has 0 saturated heterocycles. The van der Waals surface area contributed by atoms with Crippen molar-refractivity contribution < 1.29 is 4.70 Å². The van der Waals surface area contributed by atoms with Crippen molar-refractivity contribution >= 4 is 13.7 Å². The number of anilines is 1. The molecule has 1 aromatic rings. The first-order valence-electron chi connectivity index (χ1n) is 3.45. The number of nitrogens with zero attached hydrogens (tertiary/aromatic N) is 1. The van der Waals surface area contributed by atoms with Crippen molar-refractivity contribution in [3.8, 4) is 0 Å². The molecule has 0 saturated carbocycles. The monoisotopic (exact) mass is 153 g/mol. The molecule has 3 heteroatoms. The predicted molar refractivity (Wildman–Crippen MR) is 50.6 cm³/mol. The van der Waals surface area contributed by atoms with Gasteiger partial charge in [0.25, 0.3) is 0 Å². The van der Waals surface area contributed by atoms with Crippen molar-refractivity contribution in [3.05, 3.63) is 29.8 Å². The topological polar surface area (TPSA) is 3.24 Å². The summed E-state index contributed by atoms with van der Waals surface area (Å²) >= 11 is 0. The molecule has 0 bridgehead atoms. The molecule has 0 fully saturated rings. The zero-order valence-corrected chi connectivity index (χ0v) is 7.16. The van der Waals surface area contributed by atoms with Gasteiger partial charge in [0.05, 0.1) is 0 Å². The van der Waals surface area contributed by atoms with Gasteiger partial charge in [0.1, 0.15) is 0 Å². The predicted octanol–water partition coefficient (Wildman–Crippen LogP) is 1.13. The van der Waals surface area contributed by atoms with E-state index in [1.807, 2.05) is 0 Å². The molecule has 1 aromatic carbocycles. The van der Waals surface area contributed by atoms with E-state index in [4.69, 9.17) is 0 Å². The van der Waals surface area contributed by atoms with Gasteiger partial charge in [-0.05, 0) is 25.6 Å². The minimum atomic E-state index is 0. The van der Waals surface area contributed by atoms with Crippen molar-refractivity contribution in [1.82, 2.24) is 0 Å². The smallest absolute Gasteiger partial charge is 0.217 e. The summed E-state index contributed by atoms with van der Waals surface area (Å²) in [4.78, 5) is 2.12. The Morgan fingerprint density at radius 2 is 1.82 bits per heavy atom. The van der Waals surface area contributed by atoms with Crippen LogP contribution >= 0.6 is 0 Å². The van der Waals surface area contributed by atoms with Crippen LogP contribution < -0.4 is 4.81 Å². The lowest BCUT2D eigenvalue weighted by Crippen LogP contribution is -2.12. The zero-order valence-electron chi connectivity index (χ0n) is 7.16. The van der Waals surface area contributed by atoms with Crippen LogP contribution in [-0.4, -0.2) is 15.0 Å². The van der Waals surface area contributed by atoms with Gasteiger partial charge < -0.3 is 4.81 Å².